The topological polar surface area (TPSA) is 76.0 Å². The molecule has 0 aliphatic carbocycles. The molecule has 0 spiro atoms. The van der Waals surface area contributed by atoms with Crippen molar-refractivity contribution in [2.24, 2.45) is 5.10 Å². The fourth-order valence-electron chi connectivity index (χ4n) is 1.47. The highest BCUT2D eigenvalue weighted by Gasteiger charge is 2.06. The van der Waals surface area contributed by atoms with Crippen LogP contribution in [0, 0.1) is 0 Å². The van der Waals surface area contributed by atoms with Gasteiger partial charge in [0.1, 0.15) is 5.69 Å². The molecule has 7 heteroatoms. The molecule has 0 saturated carbocycles. The number of aromatic nitrogens is 4. The summed E-state index contributed by atoms with van der Waals surface area (Å²) in [5.41, 5.74) is 4.40. The van der Waals surface area contributed by atoms with E-state index in [0.717, 1.165) is 16.4 Å². The van der Waals surface area contributed by atoms with Crippen LogP contribution >= 0.6 is 11.3 Å². The Hall–Kier alpha value is -2.67. The van der Waals surface area contributed by atoms with Crippen LogP contribution in [0.25, 0.3) is 10.7 Å². The van der Waals surface area contributed by atoms with Gasteiger partial charge in [0.25, 0.3) is 0 Å². The standard InChI is InChI=1S/C13H10N6S/c1-3-7-14-10(5-1)9-16-18-13-19-17-12(20-13)11-6-2-4-8-15-11/h1-9H,(H,18,19)/b16-9+. The van der Waals surface area contributed by atoms with Gasteiger partial charge in [-0.05, 0) is 24.3 Å². The second-order valence-corrected chi connectivity index (χ2v) is 4.73. The lowest BCUT2D eigenvalue weighted by atomic mass is 10.4. The zero-order valence-electron chi connectivity index (χ0n) is 10.3. The predicted octanol–water partition coefficient (Wildman–Crippen LogP) is 2.44. The number of hydrogen-bond acceptors (Lipinski definition) is 7. The van der Waals surface area contributed by atoms with E-state index in [1.54, 1.807) is 18.6 Å². The predicted molar refractivity (Wildman–Crippen MR) is 78.6 cm³/mol. The molecular weight excluding hydrogens is 272 g/mol. The van der Waals surface area contributed by atoms with Gasteiger partial charge < -0.3 is 0 Å². The molecule has 0 unspecified atom stereocenters. The Morgan fingerprint density at radius 1 is 1.00 bits per heavy atom. The number of anilines is 1. The van der Waals surface area contributed by atoms with Crippen LogP contribution in [0.3, 0.4) is 0 Å². The van der Waals surface area contributed by atoms with Crippen LogP contribution in [0.15, 0.2) is 53.9 Å². The molecule has 0 bridgehead atoms. The van der Waals surface area contributed by atoms with Crippen molar-refractivity contribution < 1.29 is 0 Å². The van der Waals surface area contributed by atoms with Crippen molar-refractivity contribution in [3.63, 3.8) is 0 Å². The first-order valence-corrected chi connectivity index (χ1v) is 6.68. The molecule has 3 aromatic heterocycles. The van der Waals surface area contributed by atoms with Crippen LogP contribution in [0.5, 0.6) is 0 Å². The molecule has 0 atom stereocenters. The van der Waals surface area contributed by atoms with E-state index in [-0.39, 0.29) is 0 Å². The highest BCUT2D eigenvalue weighted by molar-refractivity contribution is 7.18. The fraction of sp³-hybridized carbons (Fsp3) is 0. The van der Waals surface area contributed by atoms with Crippen LogP contribution in [-0.2, 0) is 0 Å². The molecule has 0 radical (unpaired) electrons. The van der Waals surface area contributed by atoms with Crippen LogP contribution in [0.4, 0.5) is 5.13 Å². The average Bonchev–Trinajstić information content (AvgIpc) is 2.98. The lowest BCUT2D eigenvalue weighted by Crippen LogP contribution is -1.91. The van der Waals surface area contributed by atoms with E-state index in [0.29, 0.717) is 5.13 Å². The quantitative estimate of drug-likeness (QED) is 0.587. The molecule has 0 amide bonds. The Morgan fingerprint density at radius 3 is 2.60 bits per heavy atom. The molecule has 3 rings (SSSR count). The summed E-state index contributed by atoms with van der Waals surface area (Å²) < 4.78 is 0. The monoisotopic (exact) mass is 282 g/mol. The second-order valence-electron chi connectivity index (χ2n) is 3.75. The van der Waals surface area contributed by atoms with E-state index in [1.807, 2.05) is 36.4 Å². The molecule has 98 valence electrons. The van der Waals surface area contributed by atoms with Gasteiger partial charge >= 0.3 is 0 Å². The highest BCUT2D eigenvalue weighted by Crippen LogP contribution is 2.24. The highest BCUT2D eigenvalue weighted by atomic mass is 32.1. The lowest BCUT2D eigenvalue weighted by molar-refractivity contribution is 1.07. The van der Waals surface area contributed by atoms with Crippen molar-refractivity contribution in [1.29, 1.82) is 0 Å². The Morgan fingerprint density at radius 2 is 1.85 bits per heavy atom. The van der Waals surface area contributed by atoms with Crippen LogP contribution in [0.1, 0.15) is 5.69 Å². The summed E-state index contributed by atoms with van der Waals surface area (Å²) in [6.45, 7) is 0. The Kier molecular flexibility index (Phi) is 3.70. The van der Waals surface area contributed by atoms with E-state index >= 15 is 0 Å². The third-order valence-electron chi connectivity index (χ3n) is 2.35. The van der Waals surface area contributed by atoms with Crippen LogP contribution < -0.4 is 5.43 Å². The molecule has 0 aliphatic rings. The van der Waals surface area contributed by atoms with E-state index in [9.17, 15) is 0 Å². The Balaban J connectivity index is 1.68. The van der Waals surface area contributed by atoms with Crippen molar-refractivity contribution in [3.8, 4) is 10.7 Å². The van der Waals surface area contributed by atoms with Crippen LogP contribution in [0.2, 0.25) is 0 Å². The van der Waals surface area contributed by atoms with E-state index in [4.69, 9.17) is 0 Å². The van der Waals surface area contributed by atoms with Gasteiger partial charge in [-0.25, -0.2) is 0 Å². The van der Waals surface area contributed by atoms with Gasteiger partial charge in [-0.1, -0.05) is 23.5 Å². The van der Waals surface area contributed by atoms with E-state index in [1.165, 1.54) is 11.3 Å². The van der Waals surface area contributed by atoms with Crippen molar-refractivity contribution in [2.75, 3.05) is 5.43 Å². The number of pyridine rings is 2. The molecule has 3 heterocycles. The molecule has 6 nitrogen and oxygen atoms in total. The Labute approximate surface area is 119 Å². The molecule has 1 N–H and O–H groups in total. The Bertz CT molecular complexity index is 695. The fourth-order valence-corrected chi connectivity index (χ4v) is 2.14. The third-order valence-corrected chi connectivity index (χ3v) is 3.20. The number of hydrogen-bond donors (Lipinski definition) is 1. The number of nitrogens with zero attached hydrogens (tertiary/aromatic N) is 5. The smallest absolute Gasteiger partial charge is 0.226 e. The van der Waals surface area contributed by atoms with Gasteiger partial charge in [-0.2, -0.15) is 5.10 Å². The van der Waals surface area contributed by atoms with Crippen LogP contribution in [-0.4, -0.2) is 26.4 Å². The number of nitrogens with one attached hydrogen (secondary N) is 1. The molecule has 20 heavy (non-hydrogen) atoms. The molecular formula is C13H10N6S. The van der Waals surface area contributed by atoms with Gasteiger partial charge in [0.05, 0.1) is 11.9 Å². The zero-order valence-corrected chi connectivity index (χ0v) is 11.2. The molecule has 0 fully saturated rings. The summed E-state index contributed by atoms with van der Waals surface area (Å²) in [6, 6.07) is 11.3. The molecule has 0 aliphatic heterocycles. The van der Waals surface area contributed by atoms with Crippen molar-refractivity contribution in [1.82, 2.24) is 20.2 Å². The SMILES string of the molecule is C(=N\Nc1nnc(-c2ccccn2)s1)/c1ccccn1. The minimum absolute atomic E-state index is 0.609. The van der Waals surface area contributed by atoms with E-state index in [2.05, 4.69) is 30.7 Å². The maximum Gasteiger partial charge on any atom is 0.226 e. The van der Waals surface area contributed by atoms with Gasteiger partial charge in [-0.3, -0.25) is 15.4 Å². The second kappa shape index (κ2) is 5.98. The molecule has 0 aromatic carbocycles. The first-order chi connectivity index (χ1) is 9.92. The largest absolute Gasteiger partial charge is 0.255 e. The molecule has 0 saturated heterocycles. The summed E-state index contributed by atoms with van der Waals surface area (Å²) in [7, 11) is 0. The zero-order chi connectivity index (χ0) is 13.6. The van der Waals surface area contributed by atoms with Gasteiger partial charge in [-0.15, -0.1) is 10.2 Å². The van der Waals surface area contributed by atoms with Crippen molar-refractivity contribution in [3.05, 3.63) is 54.5 Å². The summed E-state index contributed by atoms with van der Waals surface area (Å²) in [4.78, 5) is 8.35. The van der Waals surface area contributed by atoms with Gasteiger partial charge in [0.15, 0.2) is 5.01 Å². The minimum Gasteiger partial charge on any atom is -0.255 e. The minimum atomic E-state index is 0.609. The summed E-state index contributed by atoms with van der Waals surface area (Å²) in [6.07, 6.45) is 5.07. The molecule has 3 aromatic rings. The maximum absolute atomic E-state index is 4.22. The van der Waals surface area contributed by atoms with Crippen molar-refractivity contribution >= 4 is 22.7 Å². The van der Waals surface area contributed by atoms with Crippen molar-refractivity contribution in [2.45, 2.75) is 0 Å². The van der Waals surface area contributed by atoms with Gasteiger partial charge in [0, 0.05) is 12.4 Å². The third kappa shape index (κ3) is 3.01. The summed E-state index contributed by atoms with van der Waals surface area (Å²) in [5, 5.41) is 13.5. The normalized spacial score (nSPS) is 10.8. The summed E-state index contributed by atoms with van der Waals surface area (Å²) >= 11 is 1.39. The van der Waals surface area contributed by atoms with Gasteiger partial charge in [0.2, 0.25) is 5.13 Å². The number of rotatable bonds is 4. The lowest BCUT2D eigenvalue weighted by Gasteiger charge is -1.92. The maximum atomic E-state index is 4.22. The first kappa shape index (κ1) is 12.4. The average molecular weight is 282 g/mol. The van der Waals surface area contributed by atoms with E-state index < -0.39 is 0 Å². The summed E-state index contributed by atoms with van der Waals surface area (Å²) in [5.74, 6) is 0. The first-order valence-electron chi connectivity index (χ1n) is 5.87. The number of hydrazone groups is 1.